The monoisotopic (exact) mass is 284 g/mol. The van der Waals surface area contributed by atoms with Gasteiger partial charge >= 0.3 is 0 Å². The third kappa shape index (κ3) is 2.38. The molecule has 4 rings (SSSR count). The lowest BCUT2D eigenvalue weighted by atomic mass is 10.2. The number of nitrogens with one attached hydrogen (secondary N) is 1. The molecule has 3 N–H and O–H groups in total. The van der Waals surface area contributed by atoms with E-state index >= 15 is 0 Å². The molecule has 0 bridgehead atoms. The van der Waals surface area contributed by atoms with Gasteiger partial charge in [-0.15, -0.1) is 0 Å². The lowest BCUT2D eigenvalue weighted by Crippen LogP contribution is -2.49. The van der Waals surface area contributed by atoms with Gasteiger partial charge in [0, 0.05) is 48.8 Å². The zero-order valence-corrected chi connectivity index (χ0v) is 12.0. The van der Waals surface area contributed by atoms with Crippen molar-refractivity contribution in [3.05, 3.63) is 30.0 Å². The quantitative estimate of drug-likeness (QED) is 0.825. The van der Waals surface area contributed by atoms with Crippen LogP contribution in [0.2, 0.25) is 0 Å². The summed E-state index contributed by atoms with van der Waals surface area (Å²) in [6, 6.07) is 8.36. The summed E-state index contributed by atoms with van der Waals surface area (Å²) in [6.45, 7) is 3.66. The van der Waals surface area contributed by atoms with Gasteiger partial charge < -0.3 is 15.6 Å². The lowest BCUT2D eigenvalue weighted by Gasteiger charge is -2.34. The molecule has 0 unspecified atom stereocenters. The van der Waals surface area contributed by atoms with Gasteiger partial charge in [-0.3, -0.25) is 9.69 Å². The van der Waals surface area contributed by atoms with Crippen molar-refractivity contribution < 1.29 is 4.79 Å². The van der Waals surface area contributed by atoms with E-state index in [0.717, 1.165) is 48.8 Å². The minimum Gasteiger partial charge on any atom is -0.399 e. The Hall–Kier alpha value is -2.01. The Balaban J connectivity index is 1.50. The maximum Gasteiger partial charge on any atom is 0.270 e. The zero-order valence-electron chi connectivity index (χ0n) is 12.0. The second-order valence-corrected chi connectivity index (χ2v) is 6.09. The summed E-state index contributed by atoms with van der Waals surface area (Å²) in [7, 11) is 0. The van der Waals surface area contributed by atoms with Crippen LogP contribution in [0.15, 0.2) is 24.3 Å². The van der Waals surface area contributed by atoms with Crippen LogP contribution in [0.25, 0.3) is 10.9 Å². The Labute approximate surface area is 123 Å². The summed E-state index contributed by atoms with van der Waals surface area (Å²) in [6.07, 6.45) is 2.66. The number of piperazine rings is 1. The molecule has 1 saturated carbocycles. The Morgan fingerprint density at radius 3 is 2.62 bits per heavy atom. The van der Waals surface area contributed by atoms with Crippen LogP contribution in [0, 0.1) is 0 Å². The molecular formula is C16H20N4O. The van der Waals surface area contributed by atoms with E-state index in [1.54, 1.807) is 0 Å². The standard InChI is InChI=1S/C16H20N4O/c17-12-1-4-14-11(9-12)10-15(18-14)16(21)20-7-5-19(6-8-20)13-2-3-13/h1,4,9-10,13,18H,2-3,5-8,17H2. The van der Waals surface area contributed by atoms with E-state index in [1.807, 2.05) is 29.2 Å². The molecule has 1 aromatic heterocycles. The van der Waals surface area contributed by atoms with E-state index in [2.05, 4.69) is 9.88 Å². The number of hydrogen-bond donors (Lipinski definition) is 2. The van der Waals surface area contributed by atoms with Gasteiger partial charge in [-0.1, -0.05) is 0 Å². The first-order valence-electron chi connectivity index (χ1n) is 7.62. The molecule has 110 valence electrons. The van der Waals surface area contributed by atoms with Gasteiger partial charge in [0.25, 0.3) is 5.91 Å². The van der Waals surface area contributed by atoms with Crippen LogP contribution in [-0.2, 0) is 0 Å². The number of rotatable bonds is 2. The molecule has 1 aromatic carbocycles. The van der Waals surface area contributed by atoms with Gasteiger partial charge in [-0.25, -0.2) is 0 Å². The average molecular weight is 284 g/mol. The number of carbonyl (C=O) groups excluding carboxylic acids is 1. The molecule has 0 spiro atoms. The van der Waals surface area contributed by atoms with Crippen LogP contribution in [0.5, 0.6) is 0 Å². The predicted molar refractivity (Wildman–Crippen MR) is 83.2 cm³/mol. The first kappa shape index (κ1) is 12.7. The summed E-state index contributed by atoms with van der Waals surface area (Å²) in [5.41, 5.74) is 8.13. The van der Waals surface area contributed by atoms with Crippen molar-refractivity contribution >= 4 is 22.5 Å². The molecule has 5 heteroatoms. The van der Waals surface area contributed by atoms with Gasteiger partial charge in [0.15, 0.2) is 0 Å². The fourth-order valence-electron chi connectivity index (χ4n) is 3.17. The maximum atomic E-state index is 12.6. The van der Waals surface area contributed by atoms with Crippen LogP contribution < -0.4 is 5.73 Å². The Morgan fingerprint density at radius 1 is 1.14 bits per heavy atom. The van der Waals surface area contributed by atoms with Crippen LogP contribution in [0.1, 0.15) is 23.3 Å². The summed E-state index contributed by atoms with van der Waals surface area (Å²) < 4.78 is 0. The first-order valence-corrected chi connectivity index (χ1v) is 7.62. The van der Waals surface area contributed by atoms with Crippen LogP contribution in [0.4, 0.5) is 5.69 Å². The molecule has 21 heavy (non-hydrogen) atoms. The highest BCUT2D eigenvalue weighted by molar-refractivity contribution is 5.98. The molecule has 1 aliphatic carbocycles. The highest BCUT2D eigenvalue weighted by atomic mass is 16.2. The van der Waals surface area contributed by atoms with Gasteiger partial charge in [-0.2, -0.15) is 0 Å². The van der Waals surface area contributed by atoms with Crippen molar-refractivity contribution in [1.29, 1.82) is 0 Å². The number of nitrogens with two attached hydrogens (primary N) is 1. The molecular weight excluding hydrogens is 264 g/mol. The Kier molecular flexibility index (Phi) is 2.89. The number of benzene rings is 1. The summed E-state index contributed by atoms with van der Waals surface area (Å²) >= 11 is 0. The molecule has 0 radical (unpaired) electrons. The average Bonchev–Trinajstić information content (AvgIpc) is 3.26. The molecule has 2 heterocycles. The summed E-state index contributed by atoms with van der Waals surface area (Å²) in [5, 5.41) is 0.995. The minimum absolute atomic E-state index is 0.0974. The fourth-order valence-corrected chi connectivity index (χ4v) is 3.17. The van der Waals surface area contributed by atoms with E-state index in [1.165, 1.54) is 12.8 Å². The van der Waals surface area contributed by atoms with Gasteiger partial charge in [0.1, 0.15) is 5.69 Å². The zero-order chi connectivity index (χ0) is 14.4. The van der Waals surface area contributed by atoms with Crippen LogP contribution in [-0.4, -0.2) is 52.9 Å². The van der Waals surface area contributed by atoms with E-state index in [0.29, 0.717) is 5.69 Å². The minimum atomic E-state index is 0.0974. The Bertz CT molecular complexity index is 681. The highest BCUT2D eigenvalue weighted by Crippen LogP contribution is 2.27. The number of hydrogen-bond acceptors (Lipinski definition) is 3. The topological polar surface area (TPSA) is 65.4 Å². The molecule has 1 aliphatic heterocycles. The number of aromatic nitrogens is 1. The van der Waals surface area contributed by atoms with Crippen LogP contribution in [0.3, 0.4) is 0 Å². The number of nitrogen functional groups attached to an aromatic ring is 1. The van der Waals surface area contributed by atoms with Crippen molar-refractivity contribution in [2.24, 2.45) is 0 Å². The van der Waals surface area contributed by atoms with E-state index in [9.17, 15) is 4.79 Å². The fraction of sp³-hybridized carbons (Fsp3) is 0.438. The summed E-state index contributed by atoms with van der Waals surface area (Å²) in [4.78, 5) is 20.3. The van der Waals surface area contributed by atoms with Gasteiger partial charge in [-0.05, 0) is 37.1 Å². The van der Waals surface area contributed by atoms with E-state index in [4.69, 9.17) is 5.73 Å². The van der Waals surface area contributed by atoms with Crippen molar-refractivity contribution in [2.45, 2.75) is 18.9 Å². The number of fused-ring (bicyclic) bond motifs is 1. The number of H-pyrrole nitrogens is 1. The maximum absolute atomic E-state index is 12.6. The normalized spacial score (nSPS) is 20.1. The smallest absolute Gasteiger partial charge is 0.270 e. The largest absolute Gasteiger partial charge is 0.399 e. The van der Waals surface area contributed by atoms with Gasteiger partial charge in [0.2, 0.25) is 0 Å². The number of amides is 1. The summed E-state index contributed by atoms with van der Waals surface area (Å²) in [5.74, 6) is 0.0974. The Morgan fingerprint density at radius 2 is 1.90 bits per heavy atom. The van der Waals surface area contributed by atoms with Crippen molar-refractivity contribution in [1.82, 2.24) is 14.8 Å². The van der Waals surface area contributed by atoms with Crippen molar-refractivity contribution in [3.8, 4) is 0 Å². The van der Waals surface area contributed by atoms with Crippen molar-refractivity contribution in [3.63, 3.8) is 0 Å². The second-order valence-electron chi connectivity index (χ2n) is 6.09. The molecule has 1 amide bonds. The van der Waals surface area contributed by atoms with Gasteiger partial charge in [0.05, 0.1) is 0 Å². The first-order chi connectivity index (χ1) is 10.2. The van der Waals surface area contributed by atoms with Crippen LogP contribution >= 0.6 is 0 Å². The molecule has 2 aliphatic rings. The van der Waals surface area contributed by atoms with E-state index in [-0.39, 0.29) is 5.91 Å². The van der Waals surface area contributed by atoms with Crippen molar-refractivity contribution in [2.75, 3.05) is 31.9 Å². The SMILES string of the molecule is Nc1ccc2[nH]c(C(=O)N3CCN(C4CC4)CC3)cc2c1. The lowest BCUT2D eigenvalue weighted by molar-refractivity contribution is 0.0622. The highest BCUT2D eigenvalue weighted by Gasteiger charge is 2.32. The number of nitrogens with zero attached hydrogens (tertiary/aromatic N) is 2. The molecule has 2 fully saturated rings. The van der Waals surface area contributed by atoms with E-state index < -0.39 is 0 Å². The predicted octanol–water partition coefficient (Wildman–Crippen LogP) is 1.67. The molecule has 2 aromatic rings. The molecule has 1 saturated heterocycles. The number of aromatic amines is 1. The third-order valence-corrected chi connectivity index (χ3v) is 4.54. The number of anilines is 1. The second kappa shape index (κ2) is 4.77. The molecule has 5 nitrogen and oxygen atoms in total. The number of carbonyl (C=O) groups is 1. The molecule has 0 atom stereocenters. The third-order valence-electron chi connectivity index (χ3n) is 4.54.